The number of hydrogen-bond acceptors (Lipinski definition) is 3. The fourth-order valence-corrected chi connectivity index (χ4v) is 1.58. The Hall–Kier alpha value is -0.870. The first-order valence-corrected chi connectivity index (χ1v) is 6.08. The fraction of sp³-hybridized carbons (Fsp3) is 0.750. The highest BCUT2D eigenvalue weighted by molar-refractivity contribution is 4.91. The lowest BCUT2D eigenvalue weighted by atomic mass is 10.3. The summed E-state index contributed by atoms with van der Waals surface area (Å²) in [7, 11) is 1.73. The second-order valence-electron chi connectivity index (χ2n) is 3.91. The Morgan fingerprint density at radius 1 is 1.44 bits per heavy atom. The largest absolute Gasteiger partial charge is 0.385 e. The Morgan fingerprint density at radius 3 is 3.06 bits per heavy atom. The van der Waals surface area contributed by atoms with Crippen molar-refractivity contribution in [3.05, 3.63) is 18.2 Å². The third-order valence-electron chi connectivity index (χ3n) is 2.54. The van der Waals surface area contributed by atoms with Gasteiger partial charge in [-0.2, -0.15) is 0 Å². The van der Waals surface area contributed by atoms with Crippen molar-refractivity contribution in [2.75, 3.05) is 20.3 Å². The first-order valence-electron chi connectivity index (χ1n) is 6.08. The van der Waals surface area contributed by atoms with E-state index in [0.29, 0.717) is 0 Å². The van der Waals surface area contributed by atoms with Crippen molar-refractivity contribution in [2.45, 2.75) is 39.3 Å². The molecule has 0 saturated heterocycles. The summed E-state index contributed by atoms with van der Waals surface area (Å²) in [6.07, 6.45) is 7.42. The number of nitrogens with zero attached hydrogens (tertiary/aromatic N) is 2. The molecule has 0 atom stereocenters. The highest BCUT2D eigenvalue weighted by atomic mass is 16.5. The molecule has 0 aromatic carbocycles. The van der Waals surface area contributed by atoms with Crippen LogP contribution in [0.2, 0.25) is 0 Å². The van der Waals surface area contributed by atoms with Gasteiger partial charge < -0.3 is 14.6 Å². The van der Waals surface area contributed by atoms with Crippen molar-refractivity contribution < 1.29 is 4.74 Å². The summed E-state index contributed by atoms with van der Waals surface area (Å²) in [4.78, 5) is 4.36. The lowest BCUT2D eigenvalue weighted by molar-refractivity contribution is 0.194. The van der Waals surface area contributed by atoms with Crippen LogP contribution in [0.4, 0.5) is 0 Å². The Kier molecular flexibility index (Phi) is 6.85. The van der Waals surface area contributed by atoms with E-state index >= 15 is 0 Å². The van der Waals surface area contributed by atoms with E-state index < -0.39 is 0 Å². The molecule has 0 saturated carbocycles. The van der Waals surface area contributed by atoms with Gasteiger partial charge >= 0.3 is 0 Å². The molecule has 0 aliphatic carbocycles. The van der Waals surface area contributed by atoms with Gasteiger partial charge in [0.25, 0.3) is 0 Å². The molecule has 0 unspecified atom stereocenters. The van der Waals surface area contributed by atoms with Crippen LogP contribution in [0.3, 0.4) is 0 Å². The van der Waals surface area contributed by atoms with Gasteiger partial charge in [-0.15, -0.1) is 0 Å². The van der Waals surface area contributed by atoms with Crippen LogP contribution in [0.5, 0.6) is 0 Å². The third-order valence-corrected chi connectivity index (χ3v) is 2.54. The average molecular weight is 225 g/mol. The maximum absolute atomic E-state index is 5.00. The van der Waals surface area contributed by atoms with Crippen LogP contribution in [0.1, 0.15) is 32.0 Å². The van der Waals surface area contributed by atoms with E-state index in [0.717, 1.165) is 38.5 Å². The van der Waals surface area contributed by atoms with Gasteiger partial charge in [0.15, 0.2) is 0 Å². The van der Waals surface area contributed by atoms with Gasteiger partial charge in [-0.25, -0.2) is 4.98 Å². The molecule has 16 heavy (non-hydrogen) atoms. The Morgan fingerprint density at radius 2 is 2.31 bits per heavy atom. The zero-order valence-electron chi connectivity index (χ0n) is 10.4. The minimum absolute atomic E-state index is 0.817. The highest BCUT2D eigenvalue weighted by Crippen LogP contribution is 2.00. The van der Waals surface area contributed by atoms with Gasteiger partial charge in [0, 0.05) is 32.7 Å². The maximum Gasteiger partial charge on any atom is 0.122 e. The summed E-state index contributed by atoms with van der Waals surface area (Å²) in [6, 6.07) is 0. The monoisotopic (exact) mass is 225 g/mol. The smallest absolute Gasteiger partial charge is 0.122 e. The molecule has 92 valence electrons. The number of aromatic nitrogens is 2. The van der Waals surface area contributed by atoms with Crippen LogP contribution in [0.25, 0.3) is 0 Å². The molecule has 1 N–H and O–H groups in total. The molecule has 1 aromatic heterocycles. The first kappa shape index (κ1) is 13.2. The average Bonchev–Trinajstić information content (AvgIpc) is 2.74. The summed E-state index contributed by atoms with van der Waals surface area (Å²) in [5.41, 5.74) is 0. The first-order chi connectivity index (χ1) is 7.88. The zero-order chi connectivity index (χ0) is 11.6. The van der Waals surface area contributed by atoms with Gasteiger partial charge in [0.05, 0.1) is 6.54 Å². The van der Waals surface area contributed by atoms with Gasteiger partial charge in [-0.3, -0.25) is 0 Å². The molecule has 0 aliphatic rings. The van der Waals surface area contributed by atoms with E-state index in [-0.39, 0.29) is 0 Å². The number of nitrogens with one attached hydrogen (secondary N) is 1. The zero-order valence-corrected chi connectivity index (χ0v) is 10.4. The molecular formula is C12H23N3O. The van der Waals surface area contributed by atoms with Crippen molar-refractivity contribution in [3.63, 3.8) is 0 Å². The topological polar surface area (TPSA) is 39.1 Å². The second-order valence-corrected chi connectivity index (χ2v) is 3.91. The van der Waals surface area contributed by atoms with Crippen molar-refractivity contribution in [1.82, 2.24) is 14.9 Å². The summed E-state index contributed by atoms with van der Waals surface area (Å²) in [6.45, 7) is 5.93. The summed E-state index contributed by atoms with van der Waals surface area (Å²) in [5, 5.41) is 3.38. The van der Waals surface area contributed by atoms with Crippen molar-refractivity contribution in [2.24, 2.45) is 0 Å². The lowest BCUT2D eigenvalue weighted by Crippen LogP contribution is -2.19. The van der Waals surface area contributed by atoms with E-state index in [9.17, 15) is 0 Å². The van der Waals surface area contributed by atoms with E-state index in [2.05, 4.69) is 28.0 Å². The molecule has 1 heterocycles. The molecule has 0 amide bonds. The molecule has 4 nitrogen and oxygen atoms in total. The highest BCUT2D eigenvalue weighted by Gasteiger charge is 2.00. The Labute approximate surface area is 98.0 Å². The number of unbranched alkanes of at least 4 members (excludes halogenated alkanes) is 1. The molecule has 0 radical (unpaired) electrons. The second kappa shape index (κ2) is 8.30. The molecule has 1 rings (SSSR count). The number of imidazole rings is 1. The van der Waals surface area contributed by atoms with Crippen LogP contribution in [-0.2, 0) is 17.8 Å². The van der Waals surface area contributed by atoms with Crippen molar-refractivity contribution >= 4 is 0 Å². The number of rotatable bonds is 9. The van der Waals surface area contributed by atoms with Gasteiger partial charge in [0.2, 0.25) is 0 Å². The van der Waals surface area contributed by atoms with Gasteiger partial charge in [0.1, 0.15) is 5.82 Å². The third kappa shape index (κ3) is 4.77. The predicted octanol–water partition coefficient (Wildman–Crippen LogP) is 1.81. The normalized spacial score (nSPS) is 10.9. The SMILES string of the molecule is CCCCn1ccnc1CNCCCOC. The van der Waals surface area contributed by atoms with Crippen molar-refractivity contribution in [3.8, 4) is 0 Å². The van der Waals surface area contributed by atoms with Crippen LogP contribution in [0.15, 0.2) is 12.4 Å². The number of methoxy groups -OCH3 is 1. The predicted molar refractivity (Wildman–Crippen MR) is 65.3 cm³/mol. The summed E-state index contributed by atoms with van der Waals surface area (Å²) >= 11 is 0. The Bertz CT molecular complexity index is 273. The maximum atomic E-state index is 5.00. The summed E-state index contributed by atoms with van der Waals surface area (Å²) in [5.74, 6) is 1.13. The minimum atomic E-state index is 0.817. The molecule has 1 aromatic rings. The molecule has 4 heteroatoms. The van der Waals surface area contributed by atoms with E-state index in [1.54, 1.807) is 7.11 Å². The molecular weight excluding hydrogens is 202 g/mol. The van der Waals surface area contributed by atoms with Crippen LogP contribution < -0.4 is 5.32 Å². The van der Waals surface area contributed by atoms with Crippen LogP contribution in [-0.4, -0.2) is 29.8 Å². The standard InChI is InChI=1S/C12H23N3O/c1-3-4-8-15-9-7-14-12(15)11-13-6-5-10-16-2/h7,9,13H,3-6,8,10-11H2,1-2H3. The number of aryl methyl sites for hydroxylation is 1. The minimum Gasteiger partial charge on any atom is -0.385 e. The molecule has 0 spiro atoms. The number of ether oxygens (including phenoxy) is 1. The summed E-state index contributed by atoms with van der Waals surface area (Å²) < 4.78 is 7.22. The molecule has 0 bridgehead atoms. The van der Waals surface area contributed by atoms with Crippen LogP contribution >= 0.6 is 0 Å². The molecule has 0 fully saturated rings. The van der Waals surface area contributed by atoms with E-state index in [1.807, 2.05) is 6.20 Å². The van der Waals surface area contributed by atoms with Gasteiger partial charge in [-0.05, 0) is 19.4 Å². The molecule has 0 aliphatic heterocycles. The van der Waals surface area contributed by atoms with E-state index in [1.165, 1.54) is 12.8 Å². The fourth-order valence-electron chi connectivity index (χ4n) is 1.58. The van der Waals surface area contributed by atoms with Gasteiger partial charge in [-0.1, -0.05) is 13.3 Å². The van der Waals surface area contributed by atoms with E-state index in [4.69, 9.17) is 4.74 Å². The quantitative estimate of drug-likeness (QED) is 0.651. The van der Waals surface area contributed by atoms with Crippen molar-refractivity contribution in [1.29, 1.82) is 0 Å². The number of hydrogen-bond donors (Lipinski definition) is 1. The Balaban J connectivity index is 2.22. The van der Waals surface area contributed by atoms with Crippen LogP contribution in [0, 0.1) is 0 Å². The lowest BCUT2D eigenvalue weighted by Gasteiger charge is -2.08.